The Hall–Kier alpha value is -2.18. The molecule has 3 rings (SSSR count). The van der Waals surface area contributed by atoms with Crippen LogP contribution in [0.2, 0.25) is 10.0 Å². The van der Waals surface area contributed by atoms with Gasteiger partial charge in [-0.05, 0) is 46.8 Å². The molecule has 0 atom stereocenters. The second-order valence-corrected chi connectivity index (χ2v) is 5.09. The maximum Gasteiger partial charge on any atom is 0.190 e. The summed E-state index contributed by atoms with van der Waals surface area (Å²) < 4.78 is 15.4. The smallest absolute Gasteiger partial charge is 0.190 e. The average molecular weight is 324 g/mol. The van der Waals surface area contributed by atoms with Crippen molar-refractivity contribution in [2.45, 2.75) is 0 Å². The van der Waals surface area contributed by atoms with Gasteiger partial charge in [0.05, 0.1) is 16.3 Å². The number of halogens is 3. The fraction of sp³-hybridized carbons (Fsp3) is 0. The number of nitrogen functional groups attached to an aromatic ring is 1. The van der Waals surface area contributed by atoms with Crippen molar-refractivity contribution in [1.82, 2.24) is 20.2 Å². The van der Waals surface area contributed by atoms with Crippen LogP contribution in [-0.2, 0) is 0 Å². The van der Waals surface area contributed by atoms with Crippen molar-refractivity contribution in [3.8, 4) is 17.1 Å². The first-order valence-corrected chi connectivity index (χ1v) is 6.61. The van der Waals surface area contributed by atoms with Crippen LogP contribution >= 0.6 is 23.2 Å². The van der Waals surface area contributed by atoms with Crippen LogP contribution in [0.1, 0.15) is 0 Å². The van der Waals surface area contributed by atoms with Gasteiger partial charge in [0.1, 0.15) is 5.82 Å². The topological polar surface area (TPSA) is 69.6 Å². The first-order chi connectivity index (χ1) is 10.1. The second-order valence-electron chi connectivity index (χ2n) is 4.25. The number of anilines is 1. The van der Waals surface area contributed by atoms with E-state index in [0.717, 1.165) is 0 Å². The van der Waals surface area contributed by atoms with Crippen molar-refractivity contribution in [3.63, 3.8) is 0 Å². The molecule has 0 aliphatic carbocycles. The predicted molar refractivity (Wildman–Crippen MR) is 79.0 cm³/mol. The molecular formula is C13H8Cl2FN5. The molecule has 0 fully saturated rings. The largest absolute Gasteiger partial charge is 0.399 e. The third-order valence-corrected chi connectivity index (χ3v) is 3.38. The van der Waals surface area contributed by atoms with Gasteiger partial charge in [0.25, 0.3) is 0 Å². The minimum atomic E-state index is -0.517. The van der Waals surface area contributed by atoms with E-state index < -0.39 is 5.82 Å². The normalized spacial score (nSPS) is 10.8. The summed E-state index contributed by atoms with van der Waals surface area (Å²) in [7, 11) is 0. The number of nitrogens with two attached hydrogens (primary N) is 1. The number of benzene rings is 2. The number of rotatable bonds is 2. The summed E-state index contributed by atoms with van der Waals surface area (Å²) in [5.74, 6) is -0.298. The van der Waals surface area contributed by atoms with Gasteiger partial charge >= 0.3 is 0 Å². The Bertz CT molecular complexity index is 752. The Kier molecular flexibility index (Phi) is 3.48. The van der Waals surface area contributed by atoms with E-state index in [-0.39, 0.29) is 11.4 Å². The summed E-state index contributed by atoms with van der Waals surface area (Å²) >= 11 is 12.0. The quantitative estimate of drug-likeness (QED) is 0.734. The van der Waals surface area contributed by atoms with E-state index >= 15 is 0 Å². The van der Waals surface area contributed by atoms with Crippen molar-refractivity contribution >= 4 is 28.9 Å². The zero-order valence-electron chi connectivity index (χ0n) is 10.5. The lowest BCUT2D eigenvalue weighted by molar-refractivity contribution is 0.629. The summed E-state index contributed by atoms with van der Waals surface area (Å²) in [6.45, 7) is 0. The fourth-order valence-electron chi connectivity index (χ4n) is 1.88. The van der Waals surface area contributed by atoms with Crippen molar-refractivity contribution in [3.05, 3.63) is 52.3 Å². The molecule has 0 spiro atoms. The van der Waals surface area contributed by atoms with Gasteiger partial charge in [0.2, 0.25) is 0 Å². The maximum atomic E-state index is 14.0. The highest BCUT2D eigenvalue weighted by Crippen LogP contribution is 2.28. The molecule has 0 aliphatic heterocycles. The van der Waals surface area contributed by atoms with Crippen LogP contribution in [0.25, 0.3) is 17.1 Å². The third-order valence-electron chi connectivity index (χ3n) is 2.84. The van der Waals surface area contributed by atoms with Crippen LogP contribution in [0.15, 0.2) is 36.4 Å². The highest BCUT2D eigenvalue weighted by atomic mass is 35.5. The number of hydrogen-bond donors (Lipinski definition) is 1. The first kappa shape index (κ1) is 13.8. The van der Waals surface area contributed by atoms with E-state index in [1.165, 1.54) is 16.8 Å². The van der Waals surface area contributed by atoms with Crippen LogP contribution in [0.4, 0.5) is 10.1 Å². The van der Waals surface area contributed by atoms with Crippen LogP contribution in [0, 0.1) is 5.82 Å². The van der Waals surface area contributed by atoms with E-state index in [1.807, 2.05) is 0 Å². The van der Waals surface area contributed by atoms with Crippen LogP contribution in [0.5, 0.6) is 0 Å². The molecule has 8 heteroatoms. The van der Waals surface area contributed by atoms with Gasteiger partial charge < -0.3 is 5.73 Å². The molecule has 2 aromatic carbocycles. The Balaban J connectivity index is 2.17. The molecule has 1 aromatic heterocycles. The fourth-order valence-corrected chi connectivity index (χ4v) is 2.37. The van der Waals surface area contributed by atoms with Crippen molar-refractivity contribution in [2.75, 3.05) is 5.73 Å². The van der Waals surface area contributed by atoms with Gasteiger partial charge in [-0.1, -0.05) is 23.2 Å². The SMILES string of the molecule is Nc1ccc(-c2nnnn2-c2ccc(Cl)cc2Cl)c(F)c1. The van der Waals surface area contributed by atoms with Crippen molar-refractivity contribution in [1.29, 1.82) is 0 Å². The molecule has 106 valence electrons. The minimum absolute atomic E-state index is 0.219. The second kappa shape index (κ2) is 5.31. The van der Waals surface area contributed by atoms with E-state index in [2.05, 4.69) is 15.5 Å². The van der Waals surface area contributed by atoms with Crippen molar-refractivity contribution < 1.29 is 4.39 Å². The Labute approximate surface area is 129 Å². The summed E-state index contributed by atoms with van der Waals surface area (Å²) in [6.07, 6.45) is 0. The van der Waals surface area contributed by atoms with Crippen LogP contribution in [0.3, 0.4) is 0 Å². The molecule has 3 aromatic rings. The molecule has 21 heavy (non-hydrogen) atoms. The summed E-state index contributed by atoms with van der Waals surface area (Å²) in [4.78, 5) is 0. The van der Waals surface area contributed by atoms with Gasteiger partial charge in [0.15, 0.2) is 5.82 Å². The highest BCUT2D eigenvalue weighted by molar-refractivity contribution is 6.35. The molecule has 5 nitrogen and oxygen atoms in total. The summed E-state index contributed by atoms with van der Waals surface area (Å²) in [5.41, 5.74) is 6.58. The molecule has 0 saturated carbocycles. The lowest BCUT2D eigenvalue weighted by atomic mass is 10.2. The van der Waals surface area contributed by atoms with Crippen LogP contribution < -0.4 is 5.73 Å². The first-order valence-electron chi connectivity index (χ1n) is 5.85. The van der Waals surface area contributed by atoms with Gasteiger partial charge in [0, 0.05) is 10.7 Å². The highest BCUT2D eigenvalue weighted by Gasteiger charge is 2.16. The number of nitrogens with zero attached hydrogens (tertiary/aromatic N) is 4. The monoisotopic (exact) mass is 323 g/mol. The van der Waals surface area contributed by atoms with Gasteiger partial charge in [-0.25, -0.2) is 4.39 Å². The molecule has 2 N–H and O–H groups in total. The van der Waals surface area contributed by atoms with E-state index in [1.54, 1.807) is 24.3 Å². The zero-order chi connectivity index (χ0) is 15.0. The molecule has 0 aliphatic rings. The van der Waals surface area contributed by atoms with Gasteiger partial charge in [-0.15, -0.1) is 5.10 Å². The molecule has 0 bridgehead atoms. The Morgan fingerprint density at radius 3 is 2.62 bits per heavy atom. The van der Waals surface area contributed by atoms with Gasteiger partial charge in [-0.2, -0.15) is 4.68 Å². The maximum absolute atomic E-state index is 14.0. The molecule has 0 amide bonds. The van der Waals surface area contributed by atoms with E-state index in [4.69, 9.17) is 28.9 Å². The van der Waals surface area contributed by atoms with E-state index in [9.17, 15) is 4.39 Å². The average Bonchev–Trinajstić information content (AvgIpc) is 2.87. The standard InChI is InChI=1S/C13H8Cl2FN5/c14-7-1-4-12(10(15)5-7)21-13(18-19-20-21)9-3-2-8(17)6-11(9)16/h1-6H,17H2. The number of hydrogen-bond acceptors (Lipinski definition) is 4. The van der Waals surface area contributed by atoms with E-state index in [0.29, 0.717) is 21.4 Å². The summed E-state index contributed by atoms with van der Waals surface area (Å²) in [6, 6.07) is 9.14. The Morgan fingerprint density at radius 2 is 1.90 bits per heavy atom. The van der Waals surface area contributed by atoms with Gasteiger partial charge in [-0.3, -0.25) is 0 Å². The minimum Gasteiger partial charge on any atom is -0.399 e. The predicted octanol–water partition coefficient (Wildman–Crippen LogP) is 3.36. The van der Waals surface area contributed by atoms with Crippen molar-refractivity contribution in [2.24, 2.45) is 0 Å². The molecule has 0 radical (unpaired) electrons. The molecule has 1 heterocycles. The molecular weight excluding hydrogens is 316 g/mol. The number of aromatic nitrogens is 4. The lowest BCUT2D eigenvalue weighted by Gasteiger charge is -2.08. The lowest BCUT2D eigenvalue weighted by Crippen LogP contribution is -2.02. The molecule has 0 saturated heterocycles. The third kappa shape index (κ3) is 2.55. The van der Waals surface area contributed by atoms with Crippen LogP contribution in [-0.4, -0.2) is 20.2 Å². The number of tetrazole rings is 1. The summed E-state index contributed by atoms with van der Waals surface area (Å²) in [5, 5.41) is 12.1. The zero-order valence-corrected chi connectivity index (χ0v) is 12.0. The Morgan fingerprint density at radius 1 is 1.10 bits per heavy atom. The molecule has 0 unspecified atom stereocenters.